The van der Waals surface area contributed by atoms with Gasteiger partial charge < -0.3 is 15.0 Å². The molecule has 0 spiro atoms. The monoisotopic (exact) mass is 459 g/mol. The molecule has 9 heteroatoms. The van der Waals surface area contributed by atoms with Crippen molar-refractivity contribution in [2.45, 2.75) is 24.2 Å². The second-order valence-corrected chi connectivity index (χ2v) is 10.1. The van der Waals surface area contributed by atoms with Crippen LogP contribution in [0.25, 0.3) is 0 Å². The van der Waals surface area contributed by atoms with Gasteiger partial charge in [-0.2, -0.15) is 0 Å². The molecule has 172 valence electrons. The van der Waals surface area contributed by atoms with Gasteiger partial charge in [0.2, 0.25) is 21.8 Å². The van der Waals surface area contributed by atoms with Crippen molar-refractivity contribution in [3.63, 3.8) is 0 Å². The van der Waals surface area contributed by atoms with Crippen molar-refractivity contribution in [1.29, 1.82) is 0 Å². The number of nitrogens with zero attached hydrogens (tertiary/aromatic N) is 2. The summed E-state index contributed by atoms with van der Waals surface area (Å²) >= 11 is 0. The van der Waals surface area contributed by atoms with Crippen molar-refractivity contribution < 1.29 is 22.7 Å². The first-order valence-corrected chi connectivity index (χ1v) is 11.9. The first kappa shape index (κ1) is 23.7. The fourth-order valence-electron chi connectivity index (χ4n) is 3.69. The highest BCUT2D eigenvalue weighted by atomic mass is 32.2. The van der Waals surface area contributed by atoms with Crippen LogP contribution in [0.2, 0.25) is 0 Å². The third-order valence-electron chi connectivity index (χ3n) is 5.55. The number of rotatable bonds is 7. The van der Waals surface area contributed by atoms with Crippen LogP contribution in [-0.4, -0.2) is 63.7 Å². The molecule has 1 unspecified atom stereocenters. The fourth-order valence-corrected chi connectivity index (χ4v) is 4.62. The van der Waals surface area contributed by atoms with Crippen LogP contribution in [0.15, 0.2) is 53.4 Å². The highest BCUT2D eigenvalue weighted by Gasteiger charge is 2.29. The first-order chi connectivity index (χ1) is 15.2. The molecule has 2 aromatic carbocycles. The molecule has 1 N–H and O–H groups in total. The van der Waals surface area contributed by atoms with Gasteiger partial charge in [-0.3, -0.25) is 9.59 Å². The topological polar surface area (TPSA) is 96.0 Å². The van der Waals surface area contributed by atoms with Gasteiger partial charge in [0.05, 0.1) is 30.0 Å². The molecule has 32 heavy (non-hydrogen) atoms. The zero-order valence-electron chi connectivity index (χ0n) is 18.6. The Hall–Kier alpha value is -2.91. The van der Waals surface area contributed by atoms with Crippen molar-refractivity contribution >= 4 is 27.5 Å². The van der Waals surface area contributed by atoms with Gasteiger partial charge in [0.15, 0.2) is 0 Å². The lowest BCUT2D eigenvalue weighted by Gasteiger charge is -2.32. The Morgan fingerprint density at radius 3 is 2.53 bits per heavy atom. The molecule has 2 aromatic rings. The van der Waals surface area contributed by atoms with E-state index in [4.69, 9.17) is 4.74 Å². The highest BCUT2D eigenvalue weighted by Crippen LogP contribution is 2.30. The molecule has 0 aromatic heterocycles. The molecule has 3 rings (SSSR count). The number of carbonyl (C=O) groups excluding carboxylic acids is 2. The van der Waals surface area contributed by atoms with Crippen molar-refractivity contribution in [2.75, 3.05) is 39.6 Å². The van der Waals surface area contributed by atoms with Gasteiger partial charge in [0.25, 0.3) is 0 Å². The van der Waals surface area contributed by atoms with Gasteiger partial charge in [0, 0.05) is 27.2 Å². The molecule has 8 nitrogen and oxygen atoms in total. The number of carbonyl (C=O) groups is 2. The Morgan fingerprint density at radius 2 is 1.88 bits per heavy atom. The number of benzene rings is 2. The number of likely N-dealkylation sites (tertiary alicyclic amines) is 1. The minimum absolute atomic E-state index is 0.00893. The SMILES string of the molecule is COc1ccc(S(=O)(=O)N(C)C)cc1NC(=O)C1CCCN(C(=O)Cc2ccccc2)C1. The van der Waals surface area contributed by atoms with Crippen LogP contribution in [0, 0.1) is 5.92 Å². The van der Waals surface area contributed by atoms with Crippen LogP contribution in [0.5, 0.6) is 5.75 Å². The maximum absolute atomic E-state index is 13.0. The molecular formula is C23H29N3O5S. The zero-order valence-corrected chi connectivity index (χ0v) is 19.4. The number of hydrogen-bond acceptors (Lipinski definition) is 5. The maximum Gasteiger partial charge on any atom is 0.242 e. The van der Waals surface area contributed by atoms with Gasteiger partial charge in [-0.15, -0.1) is 0 Å². The standard InChI is InChI=1S/C23H29N3O5S/c1-25(2)32(29,30)19-11-12-21(31-3)20(15-19)24-23(28)18-10-7-13-26(16-18)22(27)14-17-8-5-4-6-9-17/h4-6,8-9,11-12,15,18H,7,10,13-14,16H2,1-3H3,(H,24,28). The minimum Gasteiger partial charge on any atom is -0.495 e. The summed E-state index contributed by atoms with van der Waals surface area (Å²) in [5.41, 5.74) is 1.22. The van der Waals surface area contributed by atoms with E-state index in [-0.39, 0.29) is 28.3 Å². The predicted molar refractivity (Wildman–Crippen MR) is 122 cm³/mol. The third kappa shape index (κ3) is 5.46. The summed E-state index contributed by atoms with van der Waals surface area (Å²) in [5, 5.41) is 2.81. The van der Waals surface area contributed by atoms with E-state index in [1.807, 2.05) is 30.3 Å². The molecule has 1 aliphatic heterocycles. The summed E-state index contributed by atoms with van der Waals surface area (Å²) in [6, 6.07) is 13.9. The zero-order chi connectivity index (χ0) is 23.3. The van der Waals surface area contributed by atoms with E-state index in [0.717, 1.165) is 16.3 Å². The summed E-state index contributed by atoms with van der Waals surface area (Å²) in [7, 11) is 0.684. The third-order valence-corrected chi connectivity index (χ3v) is 7.36. The Morgan fingerprint density at radius 1 is 1.16 bits per heavy atom. The number of anilines is 1. The number of ether oxygens (including phenoxy) is 1. The number of sulfonamides is 1. The van der Waals surface area contributed by atoms with Crippen LogP contribution >= 0.6 is 0 Å². The molecule has 1 aliphatic rings. The van der Waals surface area contributed by atoms with E-state index in [1.165, 1.54) is 39.4 Å². The van der Waals surface area contributed by atoms with Gasteiger partial charge in [-0.05, 0) is 36.6 Å². The molecule has 1 atom stereocenters. The van der Waals surface area contributed by atoms with Gasteiger partial charge in [-0.25, -0.2) is 12.7 Å². The molecule has 0 aliphatic carbocycles. The number of methoxy groups -OCH3 is 1. The number of nitrogens with one attached hydrogen (secondary N) is 1. The molecule has 1 saturated heterocycles. The van der Waals surface area contributed by atoms with Crippen molar-refractivity contribution in [1.82, 2.24) is 9.21 Å². The summed E-state index contributed by atoms with van der Waals surface area (Å²) in [5.74, 6) is -0.295. The molecule has 0 bridgehead atoms. The smallest absolute Gasteiger partial charge is 0.242 e. The van der Waals surface area contributed by atoms with Crippen molar-refractivity contribution in [3.05, 3.63) is 54.1 Å². The fraction of sp³-hybridized carbons (Fsp3) is 0.391. The first-order valence-electron chi connectivity index (χ1n) is 10.5. The summed E-state index contributed by atoms with van der Waals surface area (Å²) in [6.07, 6.45) is 1.68. The number of amides is 2. The molecule has 0 radical (unpaired) electrons. The Balaban J connectivity index is 1.71. The lowest BCUT2D eigenvalue weighted by atomic mass is 9.96. The minimum atomic E-state index is -3.66. The van der Waals surface area contributed by atoms with E-state index < -0.39 is 10.0 Å². The molecule has 1 heterocycles. The molecular weight excluding hydrogens is 430 g/mol. The lowest BCUT2D eigenvalue weighted by molar-refractivity contribution is -0.133. The lowest BCUT2D eigenvalue weighted by Crippen LogP contribution is -2.44. The Labute approximate surface area is 189 Å². The second-order valence-electron chi connectivity index (χ2n) is 7.98. The number of piperidine rings is 1. The van der Waals surface area contributed by atoms with Crippen LogP contribution < -0.4 is 10.1 Å². The van der Waals surface area contributed by atoms with Crippen molar-refractivity contribution in [3.8, 4) is 5.75 Å². The molecule has 2 amide bonds. The van der Waals surface area contributed by atoms with E-state index in [1.54, 1.807) is 4.90 Å². The summed E-state index contributed by atoms with van der Waals surface area (Å²) < 4.78 is 31.3. The Kier molecular flexibility index (Phi) is 7.52. The van der Waals surface area contributed by atoms with E-state index in [2.05, 4.69) is 5.32 Å². The van der Waals surface area contributed by atoms with Crippen LogP contribution in [0.4, 0.5) is 5.69 Å². The quantitative estimate of drug-likeness (QED) is 0.686. The maximum atomic E-state index is 13.0. The van der Waals surface area contributed by atoms with Crippen molar-refractivity contribution in [2.24, 2.45) is 5.92 Å². The van der Waals surface area contributed by atoms with Gasteiger partial charge >= 0.3 is 0 Å². The van der Waals surface area contributed by atoms with E-state index >= 15 is 0 Å². The van der Waals surface area contributed by atoms with Gasteiger partial charge in [0.1, 0.15) is 5.75 Å². The second kappa shape index (κ2) is 10.1. The largest absolute Gasteiger partial charge is 0.495 e. The average Bonchev–Trinajstić information content (AvgIpc) is 2.79. The predicted octanol–water partition coefficient (Wildman–Crippen LogP) is 2.37. The van der Waals surface area contributed by atoms with E-state index in [9.17, 15) is 18.0 Å². The summed E-state index contributed by atoms with van der Waals surface area (Å²) in [4.78, 5) is 27.5. The van der Waals surface area contributed by atoms with Gasteiger partial charge in [-0.1, -0.05) is 30.3 Å². The Bertz CT molecular complexity index is 1070. The summed E-state index contributed by atoms with van der Waals surface area (Å²) in [6.45, 7) is 0.949. The van der Waals surface area contributed by atoms with E-state index in [0.29, 0.717) is 31.7 Å². The molecule has 1 fully saturated rings. The number of hydrogen-bond donors (Lipinski definition) is 1. The highest BCUT2D eigenvalue weighted by molar-refractivity contribution is 7.89. The normalized spacial score (nSPS) is 16.6. The molecule has 0 saturated carbocycles. The van der Waals surface area contributed by atoms with Crippen LogP contribution in [0.3, 0.4) is 0 Å². The van der Waals surface area contributed by atoms with Crippen LogP contribution in [-0.2, 0) is 26.0 Å². The average molecular weight is 460 g/mol. The van der Waals surface area contributed by atoms with Crippen LogP contribution in [0.1, 0.15) is 18.4 Å².